The van der Waals surface area contributed by atoms with Crippen molar-refractivity contribution in [3.8, 4) is 0 Å². The first-order valence-electron chi connectivity index (χ1n) is 6.97. The van der Waals surface area contributed by atoms with Gasteiger partial charge in [0.25, 0.3) is 5.91 Å². The van der Waals surface area contributed by atoms with Crippen LogP contribution in [0.1, 0.15) is 39.2 Å². The van der Waals surface area contributed by atoms with Gasteiger partial charge in [-0.05, 0) is 51.3 Å². The zero-order valence-corrected chi connectivity index (χ0v) is 13.3. The molecule has 5 heteroatoms. The van der Waals surface area contributed by atoms with Crippen LogP contribution in [0.3, 0.4) is 0 Å². The van der Waals surface area contributed by atoms with Crippen molar-refractivity contribution in [3.63, 3.8) is 0 Å². The van der Waals surface area contributed by atoms with Gasteiger partial charge in [-0.25, -0.2) is 0 Å². The van der Waals surface area contributed by atoms with Crippen molar-refractivity contribution in [1.29, 1.82) is 0 Å². The standard InChI is InChI=1S/C16H20ClNO3/c1-15(2,3)18-13(19)10-21-14(20)16(8-9-16)11-4-6-12(17)7-5-11/h4-7H,8-10H2,1-3H3,(H,18,19). The van der Waals surface area contributed by atoms with E-state index in [-0.39, 0.29) is 24.0 Å². The van der Waals surface area contributed by atoms with Crippen LogP contribution in [-0.2, 0) is 19.7 Å². The van der Waals surface area contributed by atoms with Gasteiger partial charge in [0.05, 0.1) is 5.41 Å². The first-order valence-corrected chi connectivity index (χ1v) is 7.35. The van der Waals surface area contributed by atoms with Crippen LogP contribution in [0.5, 0.6) is 0 Å². The lowest BCUT2D eigenvalue weighted by molar-refractivity contribution is -0.151. The lowest BCUT2D eigenvalue weighted by atomic mass is 9.96. The first kappa shape index (κ1) is 15.8. The van der Waals surface area contributed by atoms with E-state index in [4.69, 9.17) is 16.3 Å². The summed E-state index contributed by atoms with van der Waals surface area (Å²) in [6, 6.07) is 7.20. The molecule has 114 valence electrons. The molecular weight excluding hydrogens is 290 g/mol. The average molecular weight is 310 g/mol. The molecule has 0 bridgehead atoms. The summed E-state index contributed by atoms with van der Waals surface area (Å²) in [6.45, 7) is 5.39. The van der Waals surface area contributed by atoms with Gasteiger partial charge in [0.15, 0.2) is 6.61 Å². The van der Waals surface area contributed by atoms with E-state index in [1.807, 2.05) is 32.9 Å². The molecule has 1 aromatic rings. The number of esters is 1. The molecule has 0 heterocycles. The highest BCUT2D eigenvalue weighted by Gasteiger charge is 2.52. The van der Waals surface area contributed by atoms with Gasteiger partial charge in [0.1, 0.15) is 0 Å². The summed E-state index contributed by atoms with van der Waals surface area (Å²) in [5.41, 5.74) is -0.0306. The summed E-state index contributed by atoms with van der Waals surface area (Å²) in [5.74, 6) is -0.628. The van der Waals surface area contributed by atoms with Crippen molar-refractivity contribution in [2.75, 3.05) is 6.61 Å². The minimum atomic E-state index is -0.591. The fraction of sp³-hybridized carbons (Fsp3) is 0.500. The van der Waals surface area contributed by atoms with Gasteiger partial charge in [-0.15, -0.1) is 0 Å². The van der Waals surface area contributed by atoms with Crippen LogP contribution in [0.25, 0.3) is 0 Å². The lowest BCUT2D eigenvalue weighted by Crippen LogP contribution is -2.43. The van der Waals surface area contributed by atoms with Gasteiger partial charge < -0.3 is 10.1 Å². The molecule has 1 fully saturated rings. The number of nitrogens with one attached hydrogen (secondary N) is 1. The minimum absolute atomic E-state index is 0.245. The Labute approximate surface area is 129 Å². The third kappa shape index (κ3) is 3.97. The SMILES string of the molecule is CC(C)(C)NC(=O)COC(=O)C1(c2ccc(Cl)cc2)CC1. The number of rotatable bonds is 4. The van der Waals surface area contributed by atoms with Crippen LogP contribution in [0, 0.1) is 0 Å². The zero-order chi connectivity index (χ0) is 15.7. The predicted molar refractivity (Wildman–Crippen MR) is 81.2 cm³/mol. The lowest BCUT2D eigenvalue weighted by Gasteiger charge is -2.21. The van der Waals surface area contributed by atoms with Gasteiger partial charge in [0.2, 0.25) is 0 Å². The fourth-order valence-electron chi connectivity index (χ4n) is 2.23. The quantitative estimate of drug-likeness (QED) is 0.870. The van der Waals surface area contributed by atoms with Crippen molar-refractivity contribution in [1.82, 2.24) is 5.32 Å². The van der Waals surface area contributed by atoms with Gasteiger partial charge in [-0.2, -0.15) is 0 Å². The molecule has 1 aliphatic carbocycles. The number of hydrogen-bond donors (Lipinski definition) is 1. The molecule has 0 radical (unpaired) electrons. The van der Waals surface area contributed by atoms with E-state index in [2.05, 4.69) is 5.32 Å². The number of ether oxygens (including phenoxy) is 1. The molecular formula is C16H20ClNO3. The maximum atomic E-state index is 12.2. The maximum absolute atomic E-state index is 12.2. The Morgan fingerprint density at radius 2 is 1.81 bits per heavy atom. The molecule has 1 saturated carbocycles. The molecule has 0 atom stereocenters. The minimum Gasteiger partial charge on any atom is -0.455 e. The summed E-state index contributed by atoms with van der Waals surface area (Å²) in [6.07, 6.45) is 1.49. The van der Waals surface area contributed by atoms with E-state index < -0.39 is 5.41 Å². The highest BCUT2D eigenvalue weighted by molar-refractivity contribution is 6.30. The summed E-state index contributed by atoms with van der Waals surface area (Å²) in [5, 5.41) is 3.39. The van der Waals surface area contributed by atoms with Crippen molar-refractivity contribution in [2.24, 2.45) is 0 Å². The summed E-state index contributed by atoms with van der Waals surface area (Å²) in [7, 11) is 0. The molecule has 1 amide bonds. The Kier molecular flexibility index (Phi) is 4.28. The van der Waals surface area contributed by atoms with Gasteiger partial charge >= 0.3 is 5.97 Å². The van der Waals surface area contributed by atoms with Crippen LogP contribution < -0.4 is 5.32 Å². The van der Waals surface area contributed by atoms with Crippen molar-refractivity contribution < 1.29 is 14.3 Å². The monoisotopic (exact) mass is 309 g/mol. The second kappa shape index (κ2) is 5.68. The number of amides is 1. The summed E-state index contributed by atoms with van der Waals surface area (Å²) in [4.78, 5) is 23.9. The molecule has 2 rings (SSSR count). The topological polar surface area (TPSA) is 55.4 Å². The molecule has 0 unspecified atom stereocenters. The number of benzene rings is 1. The Balaban J connectivity index is 1.94. The summed E-state index contributed by atoms with van der Waals surface area (Å²) >= 11 is 5.86. The average Bonchev–Trinajstić information content (AvgIpc) is 3.16. The number of halogens is 1. The molecule has 0 saturated heterocycles. The van der Waals surface area contributed by atoms with E-state index in [1.165, 1.54) is 0 Å². The molecule has 4 nitrogen and oxygen atoms in total. The van der Waals surface area contributed by atoms with Crippen LogP contribution in [-0.4, -0.2) is 24.0 Å². The molecule has 1 N–H and O–H groups in total. The smallest absolute Gasteiger partial charge is 0.317 e. The van der Waals surface area contributed by atoms with Crippen LogP contribution in [0.15, 0.2) is 24.3 Å². The maximum Gasteiger partial charge on any atom is 0.317 e. The van der Waals surface area contributed by atoms with E-state index in [0.717, 1.165) is 18.4 Å². The largest absolute Gasteiger partial charge is 0.455 e. The Bertz CT molecular complexity index is 542. The molecule has 1 aromatic carbocycles. The summed E-state index contributed by atoms with van der Waals surface area (Å²) < 4.78 is 5.18. The Hall–Kier alpha value is -1.55. The molecule has 1 aliphatic rings. The van der Waals surface area contributed by atoms with E-state index in [0.29, 0.717) is 5.02 Å². The van der Waals surface area contributed by atoms with Crippen molar-refractivity contribution >= 4 is 23.5 Å². The molecule has 0 aromatic heterocycles. The second-order valence-electron chi connectivity index (χ2n) is 6.46. The Morgan fingerprint density at radius 3 is 2.29 bits per heavy atom. The molecule has 21 heavy (non-hydrogen) atoms. The predicted octanol–water partition coefficient (Wildman–Crippen LogP) is 2.83. The van der Waals surface area contributed by atoms with E-state index in [1.54, 1.807) is 12.1 Å². The van der Waals surface area contributed by atoms with Crippen molar-refractivity contribution in [3.05, 3.63) is 34.9 Å². The van der Waals surface area contributed by atoms with E-state index in [9.17, 15) is 9.59 Å². The fourth-order valence-corrected chi connectivity index (χ4v) is 2.35. The first-order chi connectivity index (χ1) is 9.73. The van der Waals surface area contributed by atoms with Gasteiger partial charge in [0, 0.05) is 10.6 Å². The number of carbonyl (C=O) groups excluding carboxylic acids is 2. The number of carbonyl (C=O) groups is 2. The van der Waals surface area contributed by atoms with Crippen LogP contribution in [0.4, 0.5) is 0 Å². The normalized spacial score (nSPS) is 16.2. The van der Waals surface area contributed by atoms with Gasteiger partial charge in [-0.1, -0.05) is 23.7 Å². The van der Waals surface area contributed by atoms with Crippen LogP contribution in [0.2, 0.25) is 5.02 Å². The third-order valence-electron chi connectivity index (χ3n) is 3.39. The zero-order valence-electron chi connectivity index (χ0n) is 12.5. The second-order valence-corrected chi connectivity index (χ2v) is 6.90. The van der Waals surface area contributed by atoms with Crippen molar-refractivity contribution in [2.45, 2.75) is 44.6 Å². The highest BCUT2D eigenvalue weighted by atomic mass is 35.5. The van der Waals surface area contributed by atoms with E-state index >= 15 is 0 Å². The van der Waals surface area contributed by atoms with Gasteiger partial charge in [-0.3, -0.25) is 9.59 Å². The highest BCUT2D eigenvalue weighted by Crippen LogP contribution is 2.49. The Morgan fingerprint density at radius 1 is 1.24 bits per heavy atom. The molecule has 0 aliphatic heterocycles. The van der Waals surface area contributed by atoms with Crippen LogP contribution >= 0.6 is 11.6 Å². The third-order valence-corrected chi connectivity index (χ3v) is 3.64. The molecule has 0 spiro atoms. The number of hydrogen-bond acceptors (Lipinski definition) is 3.